The minimum absolute atomic E-state index is 0.859. The average Bonchev–Trinajstić information content (AvgIpc) is 3.67. The van der Waals surface area contributed by atoms with E-state index in [4.69, 9.17) is 4.42 Å². The summed E-state index contributed by atoms with van der Waals surface area (Å²) < 4.78 is 6.99. The number of benzene rings is 10. The molecule has 0 bridgehead atoms. The van der Waals surface area contributed by atoms with Gasteiger partial charge in [-0.1, -0.05) is 176 Å². The van der Waals surface area contributed by atoms with E-state index < -0.39 is 0 Å². The zero-order valence-electron chi connectivity index (χ0n) is 30.6. The fourth-order valence-electron chi connectivity index (χ4n) is 8.68. The average molecular weight is 714 g/mol. The van der Waals surface area contributed by atoms with E-state index in [1.165, 1.54) is 60.3 Å². The summed E-state index contributed by atoms with van der Waals surface area (Å²) in [5.74, 6) is 0. The fourth-order valence-corrected chi connectivity index (χ4v) is 8.68. The van der Waals surface area contributed by atoms with Crippen LogP contribution in [0.15, 0.2) is 217 Å². The van der Waals surface area contributed by atoms with Crippen LogP contribution in [-0.2, 0) is 0 Å². The lowest BCUT2D eigenvalue weighted by Gasteiger charge is -2.27. The van der Waals surface area contributed by atoms with Crippen molar-refractivity contribution >= 4 is 71.3 Å². The molecule has 2 nitrogen and oxygen atoms in total. The predicted octanol–water partition coefficient (Wildman–Crippen LogP) is 15.5. The number of rotatable bonds is 6. The van der Waals surface area contributed by atoms with Gasteiger partial charge in [-0.2, -0.15) is 0 Å². The van der Waals surface area contributed by atoms with Crippen molar-refractivity contribution in [3.8, 4) is 33.4 Å². The Labute approximate surface area is 325 Å². The monoisotopic (exact) mass is 713 g/mol. The first-order valence-electron chi connectivity index (χ1n) is 19.2. The van der Waals surface area contributed by atoms with Crippen LogP contribution in [0.3, 0.4) is 0 Å². The molecule has 11 aromatic rings. The first kappa shape index (κ1) is 32.0. The van der Waals surface area contributed by atoms with E-state index in [1.807, 2.05) is 0 Å². The van der Waals surface area contributed by atoms with Gasteiger partial charge in [-0.25, -0.2) is 0 Å². The Kier molecular flexibility index (Phi) is 7.53. The highest BCUT2D eigenvalue weighted by Crippen LogP contribution is 2.48. The largest absolute Gasteiger partial charge is 0.453 e. The molecule has 0 N–H and O–H groups in total. The molecule has 0 fully saturated rings. The van der Waals surface area contributed by atoms with Crippen LogP contribution in [0.2, 0.25) is 0 Å². The molecule has 0 spiro atoms. The number of nitrogens with zero attached hydrogens (tertiary/aromatic N) is 1. The zero-order chi connectivity index (χ0) is 37.0. The van der Waals surface area contributed by atoms with Crippen LogP contribution in [0.4, 0.5) is 17.1 Å². The Balaban J connectivity index is 1.22. The van der Waals surface area contributed by atoms with Crippen molar-refractivity contribution in [2.45, 2.75) is 0 Å². The Morgan fingerprint density at radius 2 is 0.786 bits per heavy atom. The SMILES string of the molecule is c1ccc(-c2ccc(N(c3ccc4c(c3)c(-c3ccccc3)c(-c3ccccc3)c3ccccc34)c3cccc4c3oc3c5ccccc5ccc43)cc2)cc1. The van der Waals surface area contributed by atoms with Crippen molar-refractivity contribution in [3.05, 3.63) is 212 Å². The third-order valence-electron chi connectivity index (χ3n) is 11.2. The van der Waals surface area contributed by atoms with Crippen molar-refractivity contribution < 1.29 is 4.42 Å². The van der Waals surface area contributed by atoms with Crippen molar-refractivity contribution in [1.82, 2.24) is 0 Å². The summed E-state index contributed by atoms with van der Waals surface area (Å²) in [7, 11) is 0. The topological polar surface area (TPSA) is 16.4 Å². The number of fused-ring (bicyclic) bond motifs is 8. The molecule has 2 heteroatoms. The number of para-hydroxylation sites is 1. The van der Waals surface area contributed by atoms with Crippen molar-refractivity contribution in [2.24, 2.45) is 0 Å². The molecular weight excluding hydrogens is 679 g/mol. The molecule has 262 valence electrons. The van der Waals surface area contributed by atoms with Gasteiger partial charge in [0.25, 0.3) is 0 Å². The van der Waals surface area contributed by atoms with Gasteiger partial charge in [0.15, 0.2) is 5.58 Å². The van der Waals surface area contributed by atoms with Crippen molar-refractivity contribution in [1.29, 1.82) is 0 Å². The van der Waals surface area contributed by atoms with E-state index in [0.717, 1.165) is 44.4 Å². The number of furan rings is 1. The Bertz CT molecular complexity index is 3220. The highest BCUT2D eigenvalue weighted by molar-refractivity contribution is 6.23. The van der Waals surface area contributed by atoms with Gasteiger partial charge >= 0.3 is 0 Å². The minimum Gasteiger partial charge on any atom is -0.453 e. The number of hydrogen-bond donors (Lipinski definition) is 0. The maximum Gasteiger partial charge on any atom is 0.159 e. The zero-order valence-corrected chi connectivity index (χ0v) is 30.6. The summed E-state index contributed by atoms with van der Waals surface area (Å²) in [6, 6.07) is 76.4. The summed E-state index contributed by atoms with van der Waals surface area (Å²) in [4.78, 5) is 2.37. The molecule has 0 saturated carbocycles. The van der Waals surface area contributed by atoms with Gasteiger partial charge < -0.3 is 9.32 Å². The highest BCUT2D eigenvalue weighted by Gasteiger charge is 2.23. The molecule has 0 aliphatic heterocycles. The van der Waals surface area contributed by atoms with Gasteiger partial charge in [0.05, 0.1) is 5.69 Å². The number of anilines is 3. The lowest BCUT2D eigenvalue weighted by atomic mass is 9.85. The second-order valence-electron chi connectivity index (χ2n) is 14.4. The molecule has 1 heterocycles. The second kappa shape index (κ2) is 13.2. The molecule has 0 atom stereocenters. The first-order valence-corrected chi connectivity index (χ1v) is 19.2. The molecule has 0 unspecified atom stereocenters. The van der Waals surface area contributed by atoms with E-state index in [2.05, 4.69) is 217 Å². The maximum atomic E-state index is 6.99. The van der Waals surface area contributed by atoms with Gasteiger partial charge in [0.1, 0.15) is 5.58 Å². The van der Waals surface area contributed by atoms with Crippen LogP contribution >= 0.6 is 0 Å². The van der Waals surface area contributed by atoms with Gasteiger partial charge in [-0.15, -0.1) is 0 Å². The van der Waals surface area contributed by atoms with Crippen LogP contribution < -0.4 is 4.90 Å². The Morgan fingerprint density at radius 3 is 1.50 bits per heavy atom. The molecule has 0 aliphatic carbocycles. The molecular formula is C54H35NO. The third kappa shape index (κ3) is 5.19. The molecule has 10 aromatic carbocycles. The highest BCUT2D eigenvalue weighted by atomic mass is 16.3. The van der Waals surface area contributed by atoms with E-state index in [0.29, 0.717) is 0 Å². The summed E-state index contributed by atoms with van der Waals surface area (Å²) in [5, 5.41) is 9.38. The summed E-state index contributed by atoms with van der Waals surface area (Å²) in [6.45, 7) is 0. The summed E-state index contributed by atoms with van der Waals surface area (Å²) in [5.41, 5.74) is 12.1. The van der Waals surface area contributed by atoms with Crippen molar-refractivity contribution in [3.63, 3.8) is 0 Å². The lowest BCUT2D eigenvalue weighted by molar-refractivity contribution is 0.673. The molecule has 0 amide bonds. The third-order valence-corrected chi connectivity index (χ3v) is 11.2. The minimum atomic E-state index is 0.859. The summed E-state index contributed by atoms with van der Waals surface area (Å²) >= 11 is 0. The van der Waals surface area contributed by atoms with Crippen LogP contribution in [0, 0.1) is 0 Å². The molecule has 11 rings (SSSR count). The fraction of sp³-hybridized carbons (Fsp3) is 0. The van der Waals surface area contributed by atoms with E-state index in [9.17, 15) is 0 Å². The van der Waals surface area contributed by atoms with Crippen LogP contribution in [0.1, 0.15) is 0 Å². The van der Waals surface area contributed by atoms with Crippen LogP contribution in [-0.4, -0.2) is 0 Å². The van der Waals surface area contributed by atoms with Crippen molar-refractivity contribution in [2.75, 3.05) is 4.90 Å². The van der Waals surface area contributed by atoms with E-state index in [-0.39, 0.29) is 0 Å². The second-order valence-corrected chi connectivity index (χ2v) is 14.4. The Morgan fingerprint density at radius 1 is 0.286 bits per heavy atom. The van der Waals surface area contributed by atoms with Gasteiger partial charge in [0.2, 0.25) is 0 Å². The standard InChI is InChI=1S/C54H35NO/c1-4-15-36(16-5-1)37-27-30-41(31-28-37)55(50-26-14-25-47-48-33-29-38-17-10-11-22-43(38)53(48)56-54(47)50)42-32-34-45-44-23-12-13-24-46(44)51(39-18-6-2-7-19-39)52(49(45)35-42)40-20-8-3-9-21-40/h1-35H. The first-order chi connectivity index (χ1) is 27.8. The molecule has 56 heavy (non-hydrogen) atoms. The molecule has 0 radical (unpaired) electrons. The lowest BCUT2D eigenvalue weighted by Crippen LogP contribution is -2.10. The summed E-state index contributed by atoms with van der Waals surface area (Å²) in [6.07, 6.45) is 0. The molecule has 0 aliphatic rings. The Hall–Kier alpha value is -7.42. The van der Waals surface area contributed by atoms with Crippen LogP contribution in [0.5, 0.6) is 0 Å². The van der Waals surface area contributed by atoms with Gasteiger partial charge in [-0.05, 0) is 96.7 Å². The normalized spacial score (nSPS) is 11.6. The molecule has 1 aromatic heterocycles. The predicted molar refractivity (Wildman–Crippen MR) is 237 cm³/mol. The number of hydrogen-bond acceptors (Lipinski definition) is 2. The molecule has 0 saturated heterocycles. The smallest absolute Gasteiger partial charge is 0.159 e. The maximum absolute atomic E-state index is 6.99. The van der Waals surface area contributed by atoms with Gasteiger partial charge in [-0.3, -0.25) is 0 Å². The van der Waals surface area contributed by atoms with Crippen LogP contribution in [0.25, 0.3) is 87.6 Å². The quantitative estimate of drug-likeness (QED) is 0.160. The van der Waals surface area contributed by atoms with Gasteiger partial charge in [0, 0.05) is 27.5 Å². The van der Waals surface area contributed by atoms with E-state index >= 15 is 0 Å². The van der Waals surface area contributed by atoms with E-state index in [1.54, 1.807) is 0 Å².